The number of rotatable bonds is 3. The Morgan fingerprint density at radius 1 is 0.880 bits per heavy atom. The lowest BCUT2D eigenvalue weighted by Gasteiger charge is -2.35. The molecule has 0 spiro atoms. The maximum absolute atomic E-state index is 4.51. The maximum Gasteiger partial charge on any atom is 0.250 e. The van der Waals surface area contributed by atoms with E-state index in [1.54, 1.807) is 4.68 Å². The van der Waals surface area contributed by atoms with E-state index in [0.717, 1.165) is 49.5 Å². The molecule has 8 heteroatoms. The first-order valence-electron chi connectivity index (χ1n) is 8.36. The summed E-state index contributed by atoms with van der Waals surface area (Å²) < 4.78 is 1.80. The van der Waals surface area contributed by atoms with Crippen molar-refractivity contribution < 1.29 is 0 Å². The van der Waals surface area contributed by atoms with Gasteiger partial charge in [0.1, 0.15) is 11.6 Å². The summed E-state index contributed by atoms with van der Waals surface area (Å²) in [5.74, 6) is 2.55. The highest BCUT2D eigenvalue weighted by atomic mass is 15.6. The summed E-state index contributed by atoms with van der Waals surface area (Å²) in [6.07, 6.45) is 1.81. The largest absolute Gasteiger partial charge is 0.353 e. The Kier molecular flexibility index (Phi) is 4.01. The van der Waals surface area contributed by atoms with Crippen molar-refractivity contribution in [3.8, 4) is 5.69 Å². The molecule has 0 radical (unpaired) electrons. The minimum absolute atomic E-state index is 0.780. The van der Waals surface area contributed by atoms with E-state index < -0.39 is 0 Å². The molecule has 0 bridgehead atoms. The molecule has 1 aliphatic rings. The van der Waals surface area contributed by atoms with E-state index in [1.807, 2.05) is 31.3 Å². The van der Waals surface area contributed by atoms with Crippen molar-refractivity contribution in [2.24, 2.45) is 0 Å². The van der Waals surface area contributed by atoms with E-state index in [-0.39, 0.29) is 0 Å². The van der Waals surface area contributed by atoms with Crippen LogP contribution in [0.5, 0.6) is 0 Å². The van der Waals surface area contributed by atoms with Gasteiger partial charge in [0.2, 0.25) is 5.95 Å². The summed E-state index contributed by atoms with van der Waals surface area (Å²) >= 11 is 0. The van der Waals surface area contributed by atoms with Crippen molar-refractivity contribution in [3.05, 3.63) is 47.9 Å². The highest BCUT2D eigenvalue weighted by molar-refractivity contribution is 5.45. The number of aryl methyl sites for hydroxylation is 2. The number of benzene rings is 1. The summed E-state index contributed by atoms with van der Waals surface area (Å²) in [7, 11) is 0. The summed E-state index contributed by atoms with van der Waals surface area (Å²) in [6, 6.07) is 10.2. The average molecular weight is 336 g/mol. The molecule has 3 heterocycles. The van der Waals surface area contributed by atoms with Crippen LogP contribution in [0.3, 0.4) is 0 Å². The first-order valence-corrected chi connectivity index (χ1v) is 8.36. The Labute approximate surface area is 146 Å². The van der Waals surface area contributed by atoms with E-state index >= 15 is 0 Å². The molecule has 3 aromatic rings. The van der Waals surface area contributed by atoms with Gasteiger partial charge in [0.05, 0.1) is 5.69 Å². The van der Waals surface area contributed by atoms with Gasteiger partial charge in [-0.25, -0.2) is 9.97 Å². The van der Waals surface area contributed by atoms with Crippen molar-refractivity contribution in [2.45, 2.75) is 13.8 Å². The standard InChI is InChI=1S/C17H20N8/c1-13-3-5-15(6-4-13)25-17(20-21-22-25)24-11-9-23(10-12-24)16-7-8-18-14(2)19-16/h3-8H,9-12H2,1-2H3. The first kappa shape index (κ1) is 15.5. The minimum atomic E-state index is 0.780. The van der Waals surface area contributed by atoms with Gasteiger partial charge in [-0.2, -0.15) is 4.68 Å². The third-order valence-electron chi connectivity index (χ3n) is 4.38. The molecule has 4 rings (SSSR count). The Balaban J connectivity index is 1.50. The average Bonchev–Trinajstić information content (AvgIpc) is 3.12. The molecule has 2 aromatic heterocycles. The fourth-order valence-corrected chi connectivity index (χ4v) is 2.99. The number of nitrogens with zero attached hydrogens (tertiary/aromatic N) is 8. The molecule has 0 unspecified atom stereocenters. The monoisotopic (exact) mass is 336 g/mol. The molecular weight excluding hydrogens is 316 g/mol. The second-order valence-corrected chi connectivity index (χ2v) is 6.16. The van der Waals surface area contributed by atoms with Gasteiger partial charge in [-0.15, -0.1) is 0 Å². The van der Waals surface area contributed by atoms with E-state index in [9.17, 15) is 0 Å². The smallest absolute Gasteiger partial charge is 0.250 e. The lowest BCUT2D eigenvalue weighted by atomic mass is 10.2. The van der Waals surface area contributed by atoms with Crippen LogP contribution in [0, 0.1) is 13.8 Å². The molecule has 0 saturated carbocycles. The number of anilines is 2. The van der Waals surface area contributed by atoms with Crippen LogP contribution in [-0.2, 0) is 0 Å². The zero-order valence-corrected chi connectivity index (χ0v) is 14.4. The van der Waals surface area contributed by atoms with Gasteiger partial charge < -0.3 is 9.80 Å². The summed E-state index contributed by atoms with van der Waals surface area (Å²) in [6.45, 7) is 7.41. The summed E-state index contributed by atoms with van der Waals surface area (Å²) in [5.41, 5.74) is 2.19. The number of hydrogen-bond donors (Lipinski definition) is 0. The van der Waals surface area contributed by atoms with Crippen LogP contribution < -0.4 is 9.80 Å². The minimum Gasteiger partial charge on any atom is -0.353 e. The van der Waals surface area contributed by atoms with Crippen molar-refractivity contribution in [3.63, 3.8) is 0 Å². The normalized spacial score (nSPS) is 14.8. The predicted octanol–water partition coefficient (Wildman–Crippen LogP) is 1.40. The third kappa shape index (κ3) is 3.15. The second kappa shape index (κ2) is 6.46. The highest BCUT2D eigenvalue weighted by Gasteiger charge is 2.23. The van der Waals surface area contributed by atoms with Gasteiger partial charge in [-0.1, -0.05) is 22.8 Å². The number of piperazine rings is 1. The van der Waals surface area contributed by atoms with Gasteiger partial charge >= 0.3 is 0 Å². The van der Waals surface area contributed by atoms with Gasteiger partial charge in [-0.05, 0) is 42.5 Å². The number of tetrazole rings is 1. The van der Waals surface area contributed by atoms with Crippen LogP contribution in [0.15, 0.2) is 36.5 Å². The van der Waals surface area contributed by atoms with Crippen molar-refractivity contribution in [2.75, 3.05) is 36.0 Å². The van der Waals surface area contributed by atoms with Crippen molar-refractivity contribution in [1.82, 2.24) is 30.2 Å². The molecule has 0 aliphatic carbocycles. The number of hydrogen-bond acceptors (Lipinski definition) is 7. The van der Waals surface area contributed by atoms with Crippen LogP contribution >= 0.6 is 0 Å². The fraction of sp³-hybridized carbons (Fsp3) is 0.353. The molecule has 8 nitrogen and oxygen atoms in total. The van der Waals surface area contributed by atoms with Gasteiger partial charge in [0.15, 0.2) is 0 Å². The van der Waals surface area contributed by atoms with Crippen LogP contribution in [-0.4, -0.2) is 56.4 Å². The molecule has 1 saturated heterocycles. The molecule has 25 heavy (non-hydrogen) atoms. The molecular formula is C17H20N8. The zero-order chi connectivity index (χ0) is 17.2. The van der Waals surface area contributed by atoms with E-state index in [2.05, 4.69) is 54.3 Å². The van der Waals surface area contributed by atoms with Gasteiger partial charge in [0, 0.05) is 32.4 Å². The Bertz CT molecular complexity index is 849. The highest BCUT2D eigenvalue weighted by Crippen LogP contribution is 2.19. The second-order valence-electron chi connectivity index (χ2n) is 6.16. The SMILES string of the molecule is Cc1ccc(-n2nnnc2N2CCN(c3ccnc(C)n3)CC2)cc1. The molecule has 0 amide bonds. The van der Waals surface area contributed by atoms with E-state index in [4.69, 9.17) is 0 Å². The van der Waals surface area contributed by atoms with Crippen molar-refractivity contribution in [1.29, 1.82) is 0 Å². The van der Waals surface area contributed by atoms with Crippen LogP contribution in [0.4, 0.5) is 11.8 Å². The molecule has 0 N–H and O–H groups in total. The summed E-state index contributed by atoms with van der Waals surface area (Å²) in [4.78, 5) is 13.2. The molecule has 0 atom stereocenters. The molecule has 1 aliphatic heterocycles. The topological polar surface area (TPSA) is 75.9 Å². The summed E-state index contributed by atoms with van der Waals surface area (Å²) in [5, 5.41) is 12.3. The fourth-order valence-electron chi connectivity index (χ4n) is 2.99. The van der Waals surface area contributed by atoms with Gasteiger partial charge in [-0.3, -0.25) is 0 Å². The van der Waals surface area contributed by atoms with Gasteiger partial charge in [0.25, 0.3) is 0 Å². The quantitative estimate of drug-likeness (QED) is 0.715. The maximum atomic E-state index is 4.51. The lowest BCUT2D eigenvalue weighted by molar-refractivity contribution is 0.625. The van der Waals surface area contributed by atoms with E-state index in [1.165, 1.54) is 5.56 Å². The van der Waals surface area contributed by atoms with Crippen LogP contribution in [0.25, 0.3) is 5.69 Å². The molecule has 128 valence electrons. The predicted molar refractivity (Wildman–Crippen MR) is 95.1 cm³/mol. The Morgan fingerprint density at radius 2 is 1.60 bits per heavy atom. The van der Waals surface area contributed by atoms with Crippen LogP contribution in [0.1, 0.15) is 11.4 Å². The molecule has 1 aromatic carbocycles. The number of aromatic nitrogens is 6. The third-order valence-corrected chi connectivity index (χ3v) is 4.38. The molecule has 1 fully saturated rings. The zero-order valence-electron chi connectivity index (χ0n) is 14.4. The first-order chi connectivity index (χ1) is 12.2. The Hall–Kier alpha value is -3.03. The van der Waals surface area contributed by atoms with Crippen LogP contribution in [0.2, 0.25) is 0 Å². The van der Waals surface area contributed by atoms with Crippen molar-refractivity contribution >= 4 is 11.8 Å². The Morgan fingerprint density at radius 3 is 2.32 bits per heavy atom. The van der Waals surface area contributed by atoms with E-state index in [0.29, 0.717) is 0 Å². The lowest BCUT2D eigenvalue weighted by Crippen LogP contribution is -2.47.